The predicted octanol–water partition coefficient (Wildman–Crippen LogP) is 0.620. The van der Waals surface area contributed by atoms with E-state index in [1.807, 2.05) is 0 Å². The Hall–Kier alpha value is -0.960. The molecule has 1 aromatic heterocycles. The lowest BCUT2D eigenvalue weighted by molar-refractivity contribution is 0.438. The summed E-state index contributed by atoms with van der Waals surface area (Å²) in [6.45, 7) is 6.40. The van der Waals surface area contributed by atoms with Gasteiger partial charge in [-0.25, -0.2) is 0 Å². The standard InChI is InChI=1S/C9H15N3/c1-7-3-4-8(2)12(7)11-9-5-10-6-9/h3-4,9-11H,5-6H2,1-2H3. The summed E-state index contributed by atoms with van der Waals surface area (Å²) in [6, 6.07) is 4.87. The molecule has 2 heterocycles. The van der Waals surface area contributed by atoms with Crippen molar-refractivity contribution in [2.24, 2.45) is 0 Å². The minimum atomic E-state index is 0.606. The van der Waals surface area contributed by atoms with Crippen LogP contribution in [-0.4, -0.2) is 23.8 Å². The van der Waals surface area contributed by atoms with Crippen LogP contribution in [0.3, 0.4) is 0 Å². The summed E-state index contributed by atoms with van der Waals surface area (Å²) in [5.74, 6) is 0. The van der Waals surface area contributed by atoms with Gasteiger partial charge < -0.3 is 10.7 Å². The molecular weight excluding hydrogens is 150 g/mol. The first-order chi connectivity index (χ1) is 5.77. The number of aromatic nitrogens is 1. The Morgan fingerprint density at radius 2 is 1.92 bits per heavy atom. The van der Waals surface area contributed by atoms with Gasteiger partial charge in [0.2, 0.25) is 0 Å². The van der Waals surface area contributed by atoms with Crippen LogP contribution < -0.4 is 10.7 Å². The summed E-state index contributed by atoms with van der Waals surface area (Å²) in [6.07, 6.45) is 0. The van der Waals surface area contributed by atoms with Gasteiger partial charge >= 0.3 is 0 Å². The molecule has 12 heavy (non-hydrogen) atoms. The van der Waals surface area contributed by atoms with Crippen molar-refractivity contribution in [1.82, 2.24) is 9.99 Å². The zero-order valence-electron chi connectivity index (χ0n) is 7.59. The highest BCUT2D eigenvalue weighted by atomic mass is 15.4. The summed E-state index contributed by atoms with van der Waals surface area (Å²) in [7, 11) is 0. The topological polar surface area (TPSA) is 29.0 Å². The molecule has 0 amide bonds. The molecule has 0 atom stereocenters. The van der Waals surface area contributed by atoms with E-state index in [-0.39, 0.29) is 0 Å². The van der Waals surface area contributed by atoms with Crippen molar-refractivity contribution in [3.63, 3.8) is 0 Å². The van der Waals surface area contributed by atoms with Crippen molar-refractivity contribution in [3.8, 4) is 0 Å². The molecule has 0 aliphatic carbocycles. The van der Waals surface area contributed by atoms with Crippen molar-refractivity contribution in [1.29, 1.82) is 0 Å². The summed E-state index contributed by atoms with van der Waals surface area (Å²) in [5.41, 5.74) is 6.00. The number of rotatable bonds is 2. The van der Waals surface area contributed by atoms with Gasteiger partial charge in [0.25, 0.3) is 0 Å². The highest BCUT2D eigenvalue weighted by Crippen LogP contribution is 2.06. The predicted molar refractivity (Wildman–Crippen MR) is 49.9 cm³/mol. The number of hydrogen-bond donors (Lipinski definition) is 2. The van der Waals surface area contributed by atoms with Crippen molar-refractivity contribution in [3.05, 3.63) is 23.5 Å². The molecule has 1 saturated heterocycles. The molecule has 0 saturated carbocycles. The van der Waals surface area contributed by atoms with Crippen molar-refractivity contribution in [2.75, 3.05) is 18.5 Å². The third-order valence-corrected chi connectivity index (χ3v) is 2.36. The summed E-state index contributed by atoms with van der Waals surface area (Å²) in [4.78, 5) is 0. The van der Waals surface area contributed by atoms with Gasteiger partial charge in [0.1, 0.15) is 0 Å². The zero-order valence-corrected chi connectivity index (χ0v) is 7.59. The first kappa shape index (κ1) is 7.68. The van der Waals surface area contributed by atoms with Crippen LogP contribution in [0.4, 0.5) is 0 Å². The van der Waals surface area contributed by atoms with Crippen molar-refractivity contribution < 1.29 is 0 Å². The number of hydrogen-bond acceptors (Lipinski definition) is 2. The van der Waals surface area contributed by atoms with Gasteiger partial charge in [0.15, 0.2) is 0 Å². The normalized spacial score (nSPS) is 17.5. The largest absolute Gasteiger partial charge is 0.320 e. The average molecular weight is 165 g/mol. The second kappa shape index (κ2) is 2.83. The number of nitrogens with zero attached hydrogens (tertiary/aromatic N) is 1. The van der Waals surface area contributed by atoms with Crippen molar-refractivity contribution >= 4 is 0 Å². The summed E-state index contributed by atoms with van der Waals surface area (Å²) < 4.78 is 2.16. The van der Waals surface area contributed by atoms with Gasteiger partial charge in [-0.3, -0.25) is 4.68 Å². The van der Waals surface area contributed by atoms with Crippen LogP contribution >= 0.6 is 0 Å². The van der Waals surface area contributed by atoms with Crippen LogP contribution in [0.5, 0.6) is 0 Å². The zero-order chi connectivity index (χ0) is 8.55. The van der Waals surface area contributed by atoms with E-state index in [1.54, 1.807) is 0 Å². The van der Waals surface area contributed by atoms with Gasteiger partial charge in [-0.1, -0.05) is 0 Å². The average Bonchev–Trinajstić information content (AvgIpc) is 2.25. The van der Waals surface area contributed by atoms with E-state index in [0.29, 0.717) is 6.04 Å². The Bertz CT molecular complexity index is 254. The first-order valence-corrected chi connectivity index (χ1v) is 4.39. The molecule has 1 aliphatic rings. The molecule has 0 aromatic carbocycles. The van der Waals surface area contributed by atoms with E-state index in [9.17, 15) is 0 Å². The van der Waals surface area contributed by atoms with Crippen LogP contribution in [0, 0.1) is 13.8 Å². The van der Waals surface area contributed by atoms with Gasteiger partial charge in [0.05, 0.1) is 6.04 Å². The minimum Gasteiger partial charge on any atom is -0.320 e. The Labute approximate surface area is 72.7 Å². The summed E-state index contributed by atoms with van der Waals surface area (Å²) in [5, 5.41) is 3.24. The molecule has 1 fully saturated rings. The van der Waals surface area contributed by atoms with E-state index >= 15 is 0 Å². The molecule has 0 spiro atoms. The third kappa shape index (κ3) is 1.20. The van der Waals surface area contributed by atoms with E-state index in [4.69, 9.17) is 0 Å². The van der Waals surface area contributed by atoms with Crippen LogP contribution in [-0.2, 0) is 0 Å². The maximum absolute atomic E-state index is 3.45. The summed E-state index contributed by atoms with van der Waals surface area (Å²) >= 11 is 0. The molecule has 2 N–H and O–H groups in total. The quantitative estimate of drug-likeness (QED) is 0.672. The Kier molecular flexibility index (Phi) is 1.81. The lowest BCUT2D eigenvalue weighted by atomic mass is 10.2. The van der Waals surface area contributed by atoms with Crippen LogP contribution in [0.15, 0.2) is 12.1 Å². The van der Waals surface area contributed by atoms with Gasteiger partial charge in [0, 0.05) is 24.5 Å². The lowest BCUT2D eigenvalue weighted by Crippen LogP contribution is -2.54. The fraction of sp³-hybridized carbons (Fsp3) is 0.556. The van der Waals surface area contributed by atoms with E-state index in [1.165, 1.54) is 11.4 Å². The number of aryl methyl sites for hydroxylation is 2. The second-order valence-electron chi connectivity index (χ2n) is 3.44. The van der Waals surface area contributed by atoms with Crippen molar-refractivity contribution in [2.45, 2.75) is 19.9 Å². The smallest absolute Gasteiger partial charge is 0.0673 e. The molecule has 0 bridgehead atoms. The molecule has 66 valence electrons. The van der Waals surface area contributed by atoms with E-state index in [0.717, 1.165) is 13.1 Å². The third-order valence-electron chi connectivity index (χ3n) is 2.36. The fourth-order valence-electron chi connectivity index (χ4n) is 1.43. The molecular formula is C9H15N3. The second-order valence-corrected chi connectivity index (χ2v) is 3.44. The van der Waals surface area contributed by atoms with E-state index in [2.05, 4.69) is 41.4 Å². The molecule has 1 aromatic rings. The van der Waals surface area contributed by atoms with Gasteiger partial charge in [-0.05, 0) is 26.0 Å². The SMILES string of the molecule is Cc1ccc(C)n1NC1CNC1. The minimum absolute atomic E-state index is 0.606. The molecule has 3 heteroatoms. The van der Waals surface area contributed by atoms with Crippen LogP contribution in [0.1, 0.15) is 11.4 Å². The Morgan fingerprint density at radius 3 is 2.33 bits per heavy atom. The molecule has 3 nitrogen and oxygen atoms in total. The van der Waals surface area contributed by atoms with Crippen LogP contribution in [0.25, 0.3) is 0 Å². The Morgan fingerprint density at radius 1 is 1.33 bits per heavy atom. The van der Waals surface area contributed by atoms with Crippen LogP contribution in [0.2, 0.25) is 0 Å². The molecule has 0 unspecified atom stereocenters. The van der Waals surface area contributed by atoms with Gasteiger partial charge in [-0.15, -0.1) is 0 Å². The molecule has 0 radical (unpaired) electrons. The molecule has 2 rings (SSSR count). The molecule has 1 aliphatic heterocycles. The highest BCUT2D eigenvalue weighted by molar-refractivity contribution is 5.16. The number of nitrogens with one attached hydrogen (secondary N) is 2. The van der Waals surface area contributed by atoms with Gasteiger partial charge in [-0.2, -0.15) is 0 Å². The Balaban J connectivity index is 2.10. The maximum atomic E-state index is 3.45. The first-order valence-electron chi connectivity index (χ1n) is 4.39. The fourth-order valence-corrected chi connectivity index (χ4v) is 1.43. The monoisotopic (exact) mass is 165 g/mol. The van der Waals surface area contributed by atoms with E-state index < -0.39 is 0 Å². The highest BCUT2D eigenvalue weighted by Gasteiger charge is 2.16. The lowest BCUT2D eigenvalue weighted by Gasteiger charge is -2.30. The maximum Gasteiger partial charge on any atom is 0.0673 e.